The van der Waals surface area contributed by atoms with Crippen molar-refractivity contribution >= 4 is 40.3 Å². The standard InChI is InChI=1S/C27H26ClF2N3O/c1-3-27(29,30)20-10-8-19(9-11-20)17-26(34)33-22-14-12-21(13-15-22)32-25(16-18(2)31)23-6-4-5-7-24(23)28/h4-16,31-32H,3,17H2,1-2H3,(H,33,34)/b25-16-,31-18?. The normalized spacial score (nSPS) is 11.7. The molecule has 0 heterocycles. The fourth-order valence-corrected chi connectivity index (χ4v) is 3.57. The maximum absolute atomic E-state index is 13.8. The van der Waals surface area contributed by atoms with Crippen LogP contribution in [-0.4, -0.2) is 11.6 Å². The second-order valence-electron chi connectivity index (χ2n) is 7.90. The third-order valence-corrected chi connectivity index (χ3v) is 5.49. The van der Waals surface area contributed by atoms with Crippen molar-refractivity contribution in [1.29, 1.82) is 5.41 Å². The second kappa shape index (κ2) is 11.1. The zero-order chi connectivity index (χ0) is 24.7. The molecule has 0 aliphatic heterocycles. The first-order valence-electron chi connectivity index (χ1n) is 10.8. The number of carbonyl (C=O) groups excluding carboxylic acids is 1. The Morgan fingerprint density at radius 2 is 1.56 bits per heavy atom. The first-order chi connectivity index (χ1) is 16.2. The molecular formula is C27H26ClF2N3O. The van der Waals surface area contributed by atoms with E-state index in [-0.39, 0.29) is 24.3 Å². The molecule has 0 bridgehead atoms. The van der Waals surface area contributed by atoms with Crippen molar-refractivity contribution in [2.24, 2.45) is 0 Å². The lowest BCUT2D eigenvalue weighted by Crippen LogP contribution is -2.15. The minimum Gasteiger partial charge on any atom is -0.355 e. The molecular weight excluding hydrogens is 456 g/mol. The second-order valence-corrected chi connectivity index (χ2v) is 8.31. The SMILES string of the molecule is CCC(F)(F)c1ccc(CC(=O)Nc2ccc(N/C(=C\C(C)=N)c3ccccc3Cl)cc2)cc1. The third kappa shape index (κ3) is 6.75. The number of benzene rings is 3. The quantitative estimate of drug-likeness (QED) is 0.277. The number of halogens is 3. The van der Waals surface area contributed by atoms with Crippen molar-refractivity contribution in [2.75, 3.05) is 10.6 Å². The Kier molecular flexibility index (Phi) is 8.18. The van der Waals surface area contributed by atoms with Crippen molar-refractivity contribution in [2.45, 2.75) is 32.6 Å². The van der Waals surface area contributed by atoms with E-state index in [0.29, 0.717) is 27.7 Å². The van der Waals surface area contributed by atoms with Gasteiger partial charge in [0, 0.05) is 45.4 Å². The summed E-state index contributed by atoms with van der Waals surface area (Å²) in [5, 5.41) is 14.5. The molecule has 0 aromatic heterocycles. The highest BCUT2D eigenvalue weighted by Crippen LogP contribution is 2.31. The lowest BCUT2D eigenvalue weighted by atomic mass is 10.0. The molecule has 0 aliphatic rings. The highest BCUT2D eigenvalue weighted by atomic mass is 35.5. The summed E-state index contributed by atoms with van der Waals surface area (Å²) in [6.45, 7) is 3.12. The zero-order valence-corrected chi connectivity index (χ0v) is 19.7. The molecule has 0 spiro atoms. The molecule has 0 radical (unpaired) electrons. The lowest BCUT2D eigenvalue weighted by Gasteiger charge is -2.15. The highest BCUT2D eigenvalue weighted by molar-refractivity contribution is 6.32. The van der Waals surface area contributed by atoms with Crippen molar-refractivity contribution in [3.63, 3.8) is 0 Å². The van der Waals surface area contributed by atoms with Gasteiger partial charge in [0.15, 0.2) is 0 Å². The number of rotatable bonds is 9. The van der Waals surface area contributed by atoms with E-state index in [1.165, 1.54) is 19.1 Å². The first kappa shape index (κ1) is 25.1. The molecule has 0 unspecified atom stereocenters. The van der Waals surface area contributed by atoms with Gasteiger partial charge in [-0.2, -0.15) is 0 Å². The van der Waals surface area contributed by atoms with Gasteiger partial charge in [-0.3, -0.25) is 4.79 Å². The minimum absolute atomic E-state index is 0.0503. The topological polar surface area (TPSA) is 65.0 Å². The van der Waals surface area contributed by atoms with Crippen molar-refractivity contribution in [3.05, 3.63) is 101 Å². The monoisotopic (exact) mass is 481 g/mol. The molecule has 3 N–H and O–H groups in total. The van der Waals surface area contributed by atoms with Crippen LogP contribution in [0.1, 0.15) is 37.0 Å². The number of anilines is 2. The Hall–Kier alpha value is -3.51. The minimum atomic E-state index is -2.87. The van der Waals surface area contributed by atoms with Crippen LogP contribution in [0.5, 0.6) is 0 Å². The average Bonchev–Trinajstić information content (AvgIpc) is 2.80. The van der Waals surface area contributed by atoms with Crippen molar-refractivity contribution in [1.82, 2.24) is 0 Å². The Bertz CT molecular complexity index is 1190. The van der Waals surface area contributed by atoms with Crippen LogP contribution in [-0.2, 0) is 17.1 Å². The molecule has 3 aromatic carbocycles. The van der Waals surface area contributed by atoms with Crippen LogP contribution >= 0.6 is 11.6 Å². The summed E-state index contributed by atoms with van der Waals surface area (Å²) in [7, 11) is 0. The largest absolute Gasteiger partial charge is 0.355 e. The van der Waals surface area contributed by atoms with Gasteiger partial charge >= 0.3 is 0 Å². The lowest BCUT2D eigenvalue weighted by molar-refractivity contribution is -0.115. The molecule has 4 nitrogen and oxygen atoms in total. The summed E-state index contributed by atoms with van der Waals surface area (Å²) in [4.78, 5) is 12.4. The average molecular weight is 482 g/mol. The van der Waals surface area contributed by atoms with Gasteiger partial charge in [0.05, 0.1) is 6.42 Å². The molecule has 0 aliphatic carbocycles. The van der Waals surface area contributed by atoms with Crippen molar-refractivity contribution < 1.29 is 13.6 Å². The Labute approximate surface area is 203 Å². The molecule has 0 saturated carbocycles. The highest BCUT2D eigenvalue weighted by Gasteiger charge is 2.28. The summed E-state index contributed by atoms with van der Waals surface area (Å²) in [6, 6.07) is 20.3. The summed E-state index contributed by atoms with van der Waals surface area (Å²) in [5.41, 5.74) is 3.81. The molecule has 0 fully saturated rings. The molecule has 3 aromatic rings. The van der Waals surface area contributed by atoms with E-state index in [0.717, 1.165) is 11.3 Å². The Morgan fingerprint density at radius 1 is 0.971 bits per heavy atom. The molecule has 1 amide bonds. The summed E-state index contributed by atoms with van der Waals surface area (Å²) >= 11 is 6.32. The van der Waals surface area contributed by atoms with Crippen LogP contribution in [0.2, 0.25) is 5.02 Å². The van der Waals surface area contributed by atoms with Gasteiger partial charge in [-0.1, -0.05) is 61.0 Å². The number of amides is 1. The van der Waals surface area contributed by atoms with E-state index in [9.17, 15) is 13.6 Å². The van der Waals surface area contributed by atoms with E-state index in [2.05, 4.69) is 10.6 Å². The Morgan fingerprint density at radius 3 is 2.12 bits per heavy atom. The van der Waals surface area contributed by atoms with Crippen LogP contribution in [0.3, 0.4) is 0 Å². The number of hydrogen-bond acceptors (Lipinski definition) is 3. The maximum Gasteiger partial charge on any atom is 0.273 e. The van der Waals surface area contributed by atoms with Gasteiger partial charge in [0.2, 0.25) is 5.91 Å². The van der Waals surface area contributed by atoms with Gasteiger partial charge in [-0.05, 0) is 48.9 Å². The van der Waals surface area contributed by atoms with E-state index in [1.54, 1.807) is 55.5 Å². The van der Waals surface area contributed by atoms with Gasteiger partial charge in [0.1, 0.15) is 0 Å². The number of carbonyl (C=O) groups is 1. The van der Waals surface area contributed by atoms with Gasteiger partial charge in [0.25, 0.3) is 5.92 Å². The van der Waals surface area contributed by atoms with Gasteiger partial charge in [-0.25, -0.2) is 8.78 Å². The number of allylic oxidation sites excluding steroid dienone is 1. The number of nitrogens with one attached hydrogen (secondary N) is 3. The summed E-state index contributed by atoms with van der Waals surface area (Å²) in [6.07, 6.45) is 1.50. The smallest absolute Gasteiger partial charge is 0.273 e. The van der Waals surface area contributed by atoms with E-state index >= 15 is 0 Å². The molecule has 34 heavy (non-hydrogen) atoms. The van der Waals surface area contributed by atoms with Gasteiger partial charge < -0.3 is 16.0 Å². The number of hydrogen-bond donors (Lipinski definition) is 3. The van der Waals surface area contributed by atoms with Crippen LogP contribution in [0.15, 0.2) is 78.9 Å². The third-order valence-electron chi connectivity index (χ3n) is 5.16. The summed E-state index contributed by atoms with van der Waals surface area (Å²) in [5.74, 6) is -3.11. The molecule has 3 rings (SSSR count). The molecule has 0 atom stereocenters. The fraction of sp³-hybridized carbons (Fsp3) is 0.185. The van der Waals surface area contributed by atoms with Gasteiger partial charge in [-0.15, -0.1) is 0 Å². The predicted molar refractivity (Wildman–Crippen MR) is 136 cm³/mol. The Balaban J connectivity index is 1.64. The maximum atomic E-state index is 13.8. The fourth-order valence-electron chi connectivity index (χ4n) is 3.33. The van der Waals surface area contributed by atoms with E-state index in [4.69, 9.17) is 17.0 Å². The van der Waals surface area contributed by atoms with Crippen molar-refractivity contribution in [3.8, 4) is 0 Å². The first-order valence-corrected chi connectivity index (χ1v) is 11.2. The summed E-state index contributed by atoms with van der Waals surface area (Å²) < 4.78 is 27.5. The van der Waals surface area contributed by atoms with Crippen LogP contribution in [0.4, 0.5) is 20.2 Å². The molecule has 0 saturated heterocycles. The number of alkyl halides is 2. The van der Waals surface area contributed by atoms with Crippen LogP contribution in [0, 0.1) is 5.41 Å². The zero-order valence-electron chi connectivity index (χ0n) is 19.0. The molecule has 176 valence electrons. The van der Waals surface area contributed by atoms with Crippen LogP contribution in [0.25, 0.3) is 5.70 Å². The van der Waals surface area contributed by atoms with E-state index < -0.39 is 5.92 Å². The molecule has 7 heteroatoms. The van der Waals surface area contributed by atoms with E-state index in [1.807, 2.05) is 18.2 Å². The predicted octanol–water partition coefficient (Wildman–Crippen LogP) is 7.52. The van der Waals surface area contributed by atoms with Crippen LogP contribution < -0.4 is 10.6 Å².